The number of carbonyl (C=O) groups is 1. The molecule has 1 aliphatic rings. The third kappa shape index (κ3) is 6.52. The van der Waals surface area contributed by atoms with Gasteiger partial charge in [0, 0.05) is 42.2 Å². The topological polar surface area (TPSA) is 56.7 Å². The third-order valence-electron chi connectivity index (χ3n) is 4.12. The monoisotopic (exact) mass is 380 g/mol. The van der Waals surface area contributed by atoms with E-state index in [1.807, 2.05) is 25.7 Å². The van der Waals surface area contributed by atoms with Crippen LogP contribution in [0, 0.1) is 11.7 Å². The standard InChI is InChI=1S/C19H29FN4OS/c1-4-21-19(22-10-12-26-17-7-5-15(20)6-8-17)23-16-9-11-24(13-16)18(25)14(2)3/h5-8,14,16H,4,9-13H2,1-3H3,(H2,21,22,23). The van der Waals surface area contributed by atoms with Gasteiger partial charge in [0.1, 0.15) is 5.82 Å². The van der Waals surface area contributed by atoms with Crippen LogP contribution in [0.15, 0.2) is 34.2 Å². The Morgan fingerprint density at radius 1 is 1.38 bits per heavy atom. The molecule has 1 heterocycles. The van der Waals surface area contributed by atoms with Crippen molar-refractivity contribution in [2.24, 2.45) is 10.9 Å². The van der Waals surface area contributed by atoms with Crippen molar-refractivity contribution in [2.45, 2.75) is 38.1 Å². The van der Waals surface area contributed by atoms with Gasteiger partial charge in [-0.3, -0.25) is 9.79 Å². The summed E-state index contributed by atoms with van der Waals surface area (Å²) >= 11 is 1.66. The number of amides is 1. The van der Waals surface area contributed by atoms with Crippen LogP contribution < -0.4 is 10.6 Å². The summed E-state index contributed by atoms with van der Waals surface area (Å²) in [5.41, 5.74) is 0. The molecule has 0 aliphatic carbocycles. The van der Waals surface area contributed by atoms with Gasteiger partial charge in [-0.1, -0.05) is 13.8 Å². The van der Waals surface area contributed by atoms with Gasteiger partial charge in [-0.15, -0.1) is 11.8 Å². The van der Waals surface area contributed by atoms with E-state index in [1.165, 1.54) is 12.1 Å². The van der Waals surface area contributed by atoms with Gasteiger partial charge in [0.25, 0.3) is 0 Å². The van der Waals surface area contributed by atoms with E-state index in [9.17, 15) is 9.18 Å². The SMILES string of the molecule is CCNC(=NCCSc1ccc(F)cc1)NC1CCN(C(=O)C(C)C)C1. The number of halogens is 1. The van der Waals surface area contributed by atoms with Crippen LogP contribution in [0.3, 0.4) is 0 Å². The molecule has 1 aromatic carbocycles. The Labute approximate surface area is 159 Å². The van der Waals surface area contributed by atoms with Crippen LogP contribution in [0.2, 0.25) is 0 Å². The molecule has 144 valence electrons. The average Bonchev–Trinajstić information content (AvgIpc) is 3.08. The smallest absolute Gasteiger partial charge is 0.225 e. The maximum absolute atomic E-state index is 12.9. The van der Waals surface area contributed by atoms with Crippen LogP contribution in [0.5, 0.6) is 0 Å². The molecule has 1 fully saturated rings. The third-order valence-corrected chi connectivity index (χ3v) is 5.11. The van der Waals surface area contributed by atoms with Gasteiger partial charge >= 0.3 is 0 Å². The number of hydrogen-bond acceptors (Lipinski definition) is 3. The highest BCUT2D eigenvalue weighted by molar-refractivity contribution is 7.99. The van der Waals surface area contributed by atoms with E-state index < -0.39 is 0 Å². The number of carbonyl (C=O) groups excluding carboxylic acids is 1. The van der Waals surface area contributed by atoms with Gasteiger partial charge in [0.05, 0.1) is 6.54 Å². The van der Waals surface area contributed by atoms with E-state index in [4.69, 9.17) is 0 Å². The minimum Gasteiger partial charge on any atom is -0.357 e. The predicted octanol–water partition coefficient (Wildman–Crippen LogP) is 2.73. The summed E-state index contributed by atoms with van der Waals surface area (Å²) in [6, 6.07) is 6.75. The molecule has 2 rings (SSSR count). The van der Waals surface area contributed by atoms with Gasteiger partial charge < -0.3 is 15.5 Å². The molecule has 1 aromatic rings. The second kappa shape index (κ2) is 10.4. The van der Waals surface area contributed by atoms with Crippen LogP contribution in [0.4, 0.5) is 4.39 Å². The molecular weight excluding hydrogens is 351 g/mol. The summed E-state index contributed by atoms with van der Waals surface area (Å²) in [4.78, 5) is 19.7. The number of rotatable bonds is 7. The predicted molar refractivity (Wildman–Crippen MR) is 106 cm³/mol. The largest absolute Gasteiger partial charge is 0.357 e. The summed E-state index contributed by atoms with van der Waals surface area (Å²) in [5, 5.41) is 6.69. The lowest BCUT2D eigenvalue weighted by Gasteiger charge is -2.20. The lowest BCUT2D eigenvalue weighted by Crippen LogP contribution is -2.45. The van der Waals surface area contributed by atoms with Gasteiger partial charge in [-0.25, -0.2) is 4.39 Å². The first-order valence-corrected chi connectivity index (χ1v) is 10.2. The lowest BCUT2D eigenvalue weighted by atomic mass is 10.2. The molecule has 1 amide bonds. The molecule has 0 aromatic heterocycles. The first-order chi connectivity index (χ1) is 12.5. The summed E-state index contributed by atoms with van der Waals surface area (Å²) in [6.07, 6.45) is 0.938. The van der Waals surface area contributed by atoms with Gasteiger partial charge in [0.2, 0.25) is 5.91 Å². The Kier molecular flexibility index (Phi) is 8.22. The van der Waals surface area contributed by atoms with Crippen LogP contribution in [0.1, 0.15) is 27.2 Å². The highest BCUT2D eigenvalue weighted by Crippen LogP contribution is 2.17. The molecule has 0 spiro atoms. The number of thioether (sulfide) groups is 1. The van der Waals surface area contributed by atoms with Gasteiger partial charge in [-0.2, -0.15) is 0 Å². The van der Waals surface area contributed by atoms with E-state index in [0.29, 0.717) is 6.54 Å². The number of likely N-dealkylation sites (tertiary alicyclic amines) is 1. The summed E-state index contributed by atoms with van der Waals surface area (Å²) in [6.45, 7) is 8.89. The zero-order chi connectivity index (χ0) is 18.9. The molecule has 2 N–H and O–H groups in total. The summed E-state index contributed by atoms with van der Waals surface area (Å²) in [5.74, 6) is 1.65. The van der Waals surface area contributed by atoms with Crippen molar-refractivity contribution in [3.8, 4) is 0 Å². The molecule has 0 bridgehead atoms. The number of guanidine groups is 1. The lowest BCUT2D eigenvalue weighted by molar-refractivity contribution is -0.133. The van der Waals surface area contributed by atoms with Crippen molar-refractivity contribution in [1.29, 1.82) is 0 Å². The molecular formula is C19H29FN4OS. The zero-order valence-electron chi connectivity index (χ0n) is 15.8. The first kappa shape index (κ1) is 20.6. The minimum absolute atomic E-state index is 0.0409. The Balaban J connectivity index is 1.79. The second-order valence-corrected chi connectivity index (χ2v) is 7.80. The number of aliphatic imine (C=N–C) groups is 1. The number of nitrogens with zero attached hydrogens (tertiary/aromatic N) is 2. The number of nitrogens with one attached hydrogen (secondary N) is 2. The molecule has 1 saturated heterocycles. The van der Waals surface area contributed by atoms with E-state index >= 15 is 0 Å². The Morgan fingerprint density at radius 2 is 2.12 bits per heavy atom. The molecule has 1 unspecified atom stereocenters. The zero-order valence-corrected chi connectivity index (χ0v) is 16.6. The second-order valence-electron chi connectivity index (χ2n) is 6.63. The Bertz CT molecular complexity index is 606. The normalized spacial score (nSPS) is 17.7. The number of hydrogen-bond donors (Lipinski definition) is 2. The van der Waals surface area contributed by atoms with Crippen LogP contribution in [-0.4, -0.2) is 54.7 Å². The molecule has 26 heavy (non-hydrogen) atoms. The average molecular weight is 381 g/mol. The molecule has 1 aliphatic heterocycles. The fourth-order valence-corrected chi connectivity index (χ4v) is 3.56. The molecule has 0 radical (unpaired) electrons. The van der Waals surface area contributed by atoms with E-state index in [-0.39, 0.29) is 23.7 Å². The fourth-order valence-electron chi connectivity index (χ4n) is 2.81. The first-order valence-electron chi connectivity index (χ1n) is 9.21. The maximum Gasteiger partial charge on any atom is 0.225 e. The highest BCUT2D eigenvalue weighted by Gasteiger charge is 2.27. The van der Waals surface area contributed by atoms with Crippen LogP contribution in [-0.2, 0) is 4.79 Å². The molecule has 5 nitrogen and oxygen atoms in total. The van der Waals surface area contributed by atoms with Crippen molar-refractivity contribution in [2.75, 3.05) is 31.9 Å². The van der Waals surface area contributed by atoms with Crippen molar-refractivity contribution in [1.82, 2.24) is 15.5 Å². The molecule has 1 atom stereocenters. The summed E-state index contributed by atoms with van der Waals surface area (Å²) < 4.78 is 12.9. The Hall–Kier alpha value is -1.76. The quantitative estimate of drug-likeness (QED) is 0.331. The minimum atomic E-state index is -0.215. The van der Waals surface area contributed by atoms with Crippen molar-refractivity contribution in [3.63, 3.8) is 0 Å². The molecule has 7 heteroatoms. The van der Waals surface area contributed by atoms with E-state index in [0.717, 1.165) is 42.7 Å². The van der Waals surface area contributed by atoms with Crippen molar-refractivity contribution in [3.05, 3.63) is 30.1 Å². The maximum atomic E-state index is 12.9. The van der Waals surface area contributed by atoms with E-state index in [2.05, 4.69) is 15.6 Å². The van der Waals surface area contributed by atoms with Crippen molar-refractivity contribution < 1.29 is 9.18 Å². The van der Waals surface area contributed by atoms with Gasteiger partial charge in [0.15, 0.2) is 5.96 Å². The molecule has 0 saturated carbocycles. The summed E-state index contributed by atoms with van der Waals surface area (Å²) in [7, 11) is 0. The van der Waals surface area contributed by atoms with Crippen LogP contribution >= 0.6 is 11.8 Å². The number of benzene rings is 1. The Morgan fingerprint density at radius 3 is 2.77 bits per heavy atom. The van der Waals surface area contributed by atoms with E-state index in [1.54, 1.807) is 23.9 Å². The van der Waals surface area contributed by atoms with Crippen LogP contribution in [0.25, 0.3) is 0 Å². The fraction of sp³-hybridized carbons (Fsp3) is 0.579. The van der Waals surface area contributed by atoms with Crippen molar-refractivity contribution >= 4 is 23.6 Å². The highest BCUT2D eigenvalue weighted by atomic mass is 32.2. The van der Waals surface area contributed by atoms with Gasteiger partial charge in [-0.05, 0) is 37.6 Å².